The van der Waals surface area contributed by atoms with E-state index in [1.54, 1.807) is 36.2 Å². The van der Waals surface area contributed by atoms with Crippen molar-refractivity contribution < 1.29 is 14.4 Å². The van der Waals surface area contributed by atoms with Crippen LogP contribution in [-0.2, 0) is 9.59 Å². The molecule has 30 heavy (non-hydrogen) atoms. The molecule has 1 amide bonds. The molecule has 1 spiro atoms. The van der Waals surface area contributed by atoms with E-state index in [0.717, 1.165) is 22.3 Å². The van der Waals surface area contributed by atoms with Crippen LogP contribution in [0.4, 0.5) is 0 Å². The van der Waals surface area contributed by atoms with Gasteiger partial charge in [0.2, 0.25) is 0 Å². The van der Waals surface area contributed by atoms with Gasteiger partial charge in [0.1, 0.15) is 23.2 Å². The third kappa shape index (κ3) is 3.43. The van der Waals surface area contributed by atoms with Crippen molar-refractivity contribution in [2.24, 2.45) is 5.41 Å². The molecule has 1 aromatic heterocycles. The van der Waals surface area contributed by atoms with Crippen LogP contribution in [-0.4, -0.2) is 40.4 Å². The number of benzene rings is 1. The molecule has 2 heterocycles. The molecular formula is C25H24N2O3. The van der Waals surface area contributed by atoms with Crippen molar-refractivity contribution in [2.75, 3.05) is 13.1 Å². The quantitative estimate of drug-likeness (QED) is 0.573. The minimum absolute atomic E-state index is 0.0447. The van der Waals surface area contributed by atoms with E-state index in [-0.39, 0.29) is 17.5 Å². The molecule has 1 aliphatic carbocycles. The number of aromatic nitrogens is 1. The van der Waals surface area contributed by atoms with Gasteiger partial charge in [0.15, 0.2) is 0 Å². The minimum atomic E-state index is -0.709. The Hall–Kier alpha value is -3.26. The molecule has 0 radical (unpaired) electrons. The predicted octanol–water partition coefficient (Wildman–Crippen LogP) is 3.23. The number of Topliss-reactive ketones (excluding diaryl/α,β-unsaturated/α-hetero) is 2. The molecule has 0 N–H and O–H groups in total. The number of rotatable bonds is 2. The number of aryl methyl sites for hydroxylation is 2. The first-order valence-corrected chi connectivity index (χ1v) is 10.1. The minimum Gasteiger partial charge on any atom is -0.336 e. The van der Waals surface area contributed by atoms with Crippen molar-refractivity contribution in [3.8, 4) is 11.8 Å². The van der Waals surface area contributed by atoms with Gasteiger partial charge in [-0.05, 0) is 61.7 Å². The third-order valence-electron chi connectivity index (χ3n) is 6.12. The summed E-state index contributed by atoms with van der Waals surface area (Å²) in [6.45, 7) is 6.51. The van der Waals surface area contributed by atoms with E-state index < -0.39 is 11.3 Å². The van der Waals surface area contributed by atoms with Gasteiger partial charge < -0.3 is 4.90 Å². The highest BCUT2D eigenvalue weighted by atomic mass is 16.2. The second-order valence-corrected chi connectivity index (χ2v) is 8.49. The Morgan fingerprint density at radius 2 is 1.73 bits per heavy atom. The van der Waals surface area contributed by atoms with Gasteiger partial charge in [-0.3, -0.25) is 19.4 Å². The summed E-state index contributed by atoms with van der Waals surface area (Å²) in [5, 5.41) is 0. The van der Waals surface area contributed by atoms with Crippen LogP contribution in [0.2, 0.25) is 0 Å². The Morgan fingerprint density at radius 3 is 2.27 bits per heavy atom. The molecule has 1 aromatic carbocycles. The Morgan fingerprint density at radius 1 is 1.10 bits per heavy atom. The number of ketones is 2. The molecule has 1 aliphatic heterocycles. The van der Waals surface area contributed by atoms with Crippen LogP contribution in [0.3, 0.4) is 0 Å². The topological polar surface area (TPSA) is 67.3 Å². The molecule has 152 valence electrons. The lowest BCUT2D eigenvalue weighted by atomic mass is 9.63. The van der Waals surface area contributed by atoms with Crippen LogP contribution < -0.4 is 0 Å². The molecular weight excluding hydrogens is 376 g/mol. The molecule has 2 aromatic rings. The van der Waals surface area contributed by atoms with Crippen molar-refractivity contribution in [3.63, 3.8) is 0 Å². The van der Waals surface area contributed by atoms with Crippen LogP contribution in [0.25, 0.3) is 0 Å². The number of likely N-dealkylation sites (tertiary alicyclic amines) is 1. The molecule has 1 saturated carbocycles. The van der Waals surface area contributed by atoms with Gasteiger partial charge in [-0.1, -0.05) is 12.0 Å². The fraction of sp³-hybridized carbons (Fsp3) is 0.360. The molecule has 1 saturated heterocycles. The number of carbonyl (C=O) groups excluding carboxylic acids is 3. The molecule has 2 aliphatic rings. The van der Waals surface area contributed by atoms with Gasteiger partial charge in [-0.15, -0.1) is 5.92 Å². The number of hydrogen-bond donors (Lipinski definition) is 0. The standard InChI is InChI=1S/C25H24N2O3/c1-4-7-18-10-16(2)22(17(3)11-18)23-20(28)12-25(13-21(23)29)14-27(15-25)24(30)19-8-5-6-9-26-19/h5-6,8-11,23H,12-15H2,1-3H3. The lowest BCUT2D eigenvalue weighted by Gasteiger charge is -2.52. The summed E-state index contributed by atoms with van der Waals surface area (Å²) < 4.78 is 0. The summed E-state index contributed by atoms with van der Waals surface area (Å²) in [4.78, 5) is 44.6. The molecule has 0 bridgehead atoms. The first-order valence-electron chi connectivity index (χ1n) is 10.1. The van der Waals surface area contributed by atoms with Crippen LogP contribution >= 0.6 is 0 Å². The van der Waals surface area contributed by atoms with Gasteiger partial charge in [0.25, 0.3) is 5.91 Å². The van der Waals surface area contributed by atoms with Gasteiger partial charge in [0, 0.05) is 43.1 Å². The van der Waals surface area contributed by atoms with Gasteiger partial charge in [0.05, 0.1) is 0 Å². The van der Waals surface area contributed by atoms with E-state index in [2.05, 4.69) is 16.8 Å². The first-order chi connectivity index (χ1) is 14.3. The average molecular weight is 400 g/mol. The van der Waals surface area contributed by atoms with Gasteiger partial charge in [-0.25, -0.2) is 0 Å². The zero-order valence-corrected chi connectivity index (χ0v) is 17.5. The van der Waals surface area contributed by atoms with Crippen LogP contribution in [0.5, 0.6) is 0 Å². The molecule has 2 fully saturated rings. The Balaban J connectivity index is 1.51. The Bertz CT molecular complexity index is 1060. The summed E-state index contributed by atoms with van der Waals surface area (Å²) >= 11 is 0. The zero-order valence-electron chi connectivity index (χ0n) is 17.5. The Kier molecular flexibility index (Phi) is 5.03. The first kappa shape index (κ1) is 20.0. The summed E-state index contributed by atoms with van der Waals surface area (Å²) in [5.41, 5.74) is 3.53. The smallest absolute Gasteiger partial charge is 0.272 e. The number of pyridine rings is 1. The summed E-state index contributed by atoms with van der Waals surface area (Å²) in [7, 11) is 0. The molecule has 0 unspecified atom stereocenters. The van der Waals surface area contributed by atoms with Crippen molar-refractivity contribution in [1.29, 1.82) is 0 Å². The van der Waals surface area contributed by atoms with Crippen molar-refractivity contribution in [3.05, 3.63) is 64.5 Å². The summed E-state index contributed by atoms with van der Waals surface area (Å²) in [6, 6.07) is 9.10. The second-order valence-electron chi connectivity index (χ2n) is 8.49. The molecule has 0 atom stereocenters. The van der Waals surface area contributed by atoms with E-state index in [1.165, 1.54) is 0 Å². The van der Waals surface area contributed by atoms with E-state index >= 15 is 0 Å². The highest BCUT2D eigenvalue weighted by Crippen LogP contribution is 2.46. The third-order valence-corrected chi connectivity index (χ3v) is 6.12. The van der Waals surface area contributed by atoms with Crippen molar-refractivity contribution in [1.82, 2.24) is 9.88 Å². The molecule has 4 rings (SSSR count). The maximum absolute atomic E-state index is 13.1. The van der Waals surface area contributed by atoms with Gasteiger partial charge >= 0.3 is 0 Å². The summed E-state index contributed by atoms with van der Waals surface area (Å²) in [6.07, 6.45) is 2.23. The second kappa shape index (κ2) is 7.53. The summed E-state index contributed by atoms with van der Waals surface area (Å²) in [5.74, 6) is 4.98. The SMILES string of the molecule is CC#Cc1cc(C)c(C2C(=O)CC3(CC2=O)CN(C(=O)c2ccccn2)C3)c(C)c1. The normalized spacial score (nSPS) is 18.0. The highest BCUT2D eigenvalue weighted by Gasteiger charge is 2.53. The van der Waals surface area contributed by atoms with Crippen molar-refractivity contribution >= 4 is 17.5 Å². The number of hydrogen-bond acceptors (Lipinski definition) is 4. The zero-order chi connectivity index (χ0) is 21.5. The number of carbonyl (C=O) groups is 3. The largest absolute Gasteiger partial charge is 0.336 e. The van der Waals surface area contributed by atoms with E-state index in [4.69, 9.17) is 0 Å². The van der Waals surface area contributed by atoms with Gasteiger partial charge in [-0.2, -0.15) is 0 Å². The predicted molar refractivity (Wildman–Crippen MR) is 113 cm³/mol. The van der Waals surface area contributed by atoms with E-state index in [1.807, 2.05) is 26.0 Å². The van der Waals surface area contributed by atoms with Crippen LogP contribution in [0.1, 0.15) is 58.4 Å². The highest BCUT2D eigenvalue weighted by molar-refractivity contribution is 6.11. The monoisotopic (exact) mass is 400 g/mol. The molecule has 5 heteroatoms. The fourth-order valence-electron chi connectivity index (χ4n) is 4.94. The molecule has 5 nitrogen and oxygen atoms in total. The lowest BCUT2D eigenvalue weighted by molar-refractivity contribution is -0.141. The maximum atomic E-state index is 13.1. The Labute approximate surface area is 176 Å². The number of nitrogens with zero attached hydrogens (tertiary/aromatic N) is 2. The van der Waals surface area contributed by atoms with E-state index in [9.17, 15) is 14.4 Å². The van der Waals surface area contributed by atoms with Crippen LogP contribution in [0, 0.1) is 31.1 Å². The van der Waals surface area contributed by atoms with E-state index in [0.29, 0.717) is 31.6 Å². The number of amides is 1. The van der Waals surface area contributed by atoms with Crippen molar-refractivity contribution in [2.45, 2.75) is 39.5 Å². The van der Waals surface area contributed by atoms with Crippen LogP contribution in [0.15, 0.2) is 36.5 Å². The maximum Gasteiger partial charge on any atom is 0.272 e. The lowest BCUT2D eigenvalue weighted by Crippen LogP contribution is -2.62. The fourth-order valence-corrected chi connectivity index (χ4v) is 4.94. The average Bonchev–Trinajstić information content (AvgIpc) is 2.68.